The van der Waals surface area contributed by atoms with Crippen LogP contribution in [0.25, 0.3) is 0 Å². The minimum absolute atomic E-state index is 0.0405. The summed E-state index contributed by atoms with van der Waals surface area (Å²) in [7, 11) is 0. The molecule has 160 valence electrons. The van der Waals surface area contributed by atoms with Crippen molar-refractivity contribution < 1.29 is 9.90 Å². The molecule has 2 N–H and O–H groups in total. The summed E-state index contributed by atoms with van der Waals surface area (Å²) in [6, 6.07) is 14.1. The minimum Gasteiger partial charge on any atom is -0.507 e. The third kappa shape index (κ3) is 5.02. The predicted octanol–water partition coefficient (Wildman–Crippen LogP) is 4.79. The first-order chi connectivity index (χ1) is 14.2. The highest BCUT2D eigenvalue weighted by molar-refractivity contribution is 5.87. The van der Waals surface area contributed by atoms with Crippen molar-refractivity contribution in [2.75, 3.05) is 18.0 Å². The van der Waals surface area contributed by atoms with E-state index in [2.05, 4.69) is 74.3 Å². The summed E-state index contributed by atoms with van der Waals surface area (Å²) in [5.41, 5.74) is 6.80. The molecule has 5 heteroatoms. The zero-order chi connectivity index (χ0) is 21.9. The highest BCUT2D eigenvalue weighted by Crippen LogP contribution is 2.47. The standard InChI is InChI=1S/C25H33N3O2/c1-6-28(7-2)20-13-10-18(23(29)14-20)16-26-27-24(30)22-15-21(22)17-8-11-19(12-9-17)25(3,4)5/h8-14,16,21-22,29H,6-7,15H2,1-5H3,(H,27,30). The molecule has 1 aliphatic rings. The average Bonchev–Trinajstić information content (AvgIpc) is 3.51. The first-order valence-corrected chi connectivity index (χ1v) is 10.8. The number of carbonyl (C=O) groups is 1. The van der Waals surface area contributed by atoms with Crippen LogP contribution in [0, 0.1) is 5.92 Å². The van der Waals surface area contributed by atoms with E-state index in [0.717, 1.165) is 25.2 Å². The van der Waals surface area contributed by atoms with E-state index < -0.39 is 0 Å². The maximum atomic E-state index is 12.4. The second kappa shape index (κ2) is 8.90. The number of aromatic hydroxyl groups is 1. The number of hydrogen-bond donors (Lipinski definition) is 2. The Balaban J connectivity index is 1.56. The lowest BCUT2D eigenvalue weighted by molar-refractivity contribution is -0.122. The number of amides is 1. The lowest BCUT2D eigenvalue weighted by atomic mass is 9.86. The Bertz CT molecular complexity index is 909. The van der Waals surface area contributed by atoms with Crippen LogP contribution in [0.2, 0.25) is 0 Å². The third-order valence-electron chi connectivity index (χ3n) is 5.85. The maximum Gasteiger partial charge on any atom is 0.243 e. The normalized spacial score (nSPS) is 18.4. The molecule has 1 amide bonds. The molecule has 0 aromatic heterocycles. The summed E-state index contributed by atoms with van der Waals surface area (Å²) in [6.45, 7) is 12.5. The molecule has 0 aliphatic heterocycles. The number of anilines is 1. The number of nitrogens with one attached hydrogen (secondary N) is 1. The van der Waals surface area contributed by atoms with Gasteiger partial charge in [0.05, 0.1) is 6.21 Å². The Morgan fingerprint density at radius 3 is 2.40 bits per heavy atom. The summed E-state index contributed by atoms with van der Waals surface area (Å²) in [5, 5.41) is 14.3. The molecule has 0 heterocycles. The number of phenols is 1. The van der Waals surface area contributed by atoms with Gasteiger partial charge in [-0.15, -0.1) is 0 Å². The summed E-state index contributed by atoms with van der Waals surface area (Å²) in [6.07, 6.45) is 2.34. The minimum atomic E-state index is -0.0737. The molecule has 2 aromatic carbocycles. The van der Waals surface area contributed by atoms with Crippen molar-refractivity contribution in [1.82, 2.24) is 5.43 Å². The van der Waals surface area contributed by atoms with Crippen LogP contribution in [0.4, 0.5) is 5.69 Å². The van der Waals surface area contributed by atoms with Gasteiger partial charge in [-0.3, -0.25) is 4.79 Å². The van der Waals surface area contributed by atoms with Crippen LogP contribution in [-0.4, -0.2) is 30.3 Å². The van der Waals surface area contributed by atoms with Crippen LogP contribution < -0.4 is 10.3 Å². The Labute approximate surface area is 179 Å². The van der Waals surface area contributed by atoms with Crippen LogP contribution in [0.3, 0.4) is 0 Å². The van der Waals surface area contributed by atoms with Crippen LogP contribution in [0.15, 0.2) is 47.6 Å². The molecule has 5 nitrogen and oxygen atoms in total. The molecule has 0 radical (unpaired) electrons. The number of hydrazone groups is 1. The summed E-state index contributed by atoms with van der Waals surface area (Å²) >= 11 is 0. The average molecular weight is 408 g/mol. The number of phenolic OH excluding ortho intramolecular Hbond substituents is 1. The Hall–Kier alpha value is -2.82. The van der Waals surface area contributed by atoms with Crippen LogP contribution in [0.5, 0.6) is 5.75 Å². The topological polar surface area (TPSA) is 64.9 Å². The molecule has 2 unspecified atom stereocenters. The highest BCUT2D eigenvalue weighted by Gasteiger charge is 2.44. The van der Waals surface area contributed by atoms with Crippen LogP contribution in [0.1, 0.15) is 63.6 Å². The lowest BCUT2D eigenvalue weighted by Gasteiger charge is -2.21. The van der Waals surface area contributed by atoms with Crippen molar-refractivity contribution in [2.24, 2.45) is 11.0 Å². The Morgan fingerprint density at radius 1 is 1.17 bits per heavy atom. The second-order valence-corrected chi connectivity index (χ2v) is 8.97. The smallest absolute Gasteiger partial charge is 0.243 e. The zero-order valence-electron chi connectivity index (χ0n) is 18.6. The first-order valence-electron chi connectivity index (χ1n) is 10.8. The van der Waals surface area contributed by atoms with Gasteiger partial charge in [0.25, 0.3) is 0 Å². The van der Waals surface area contributed by atoms with Gasteiger partial charge in [-0.05, 0) is 54.9 Å². The van der Waals surface area contributed by atoms with E-state index in [1.54, 1.807) is 6.07 Å². The molecule has 0 bridgehead atoms. The van der Waals surface area contributed by atoms with E-state index in [0.29, 0.717) is 5.56 Å². The van der Waals surface area contributed by atoms with Crippen molar-refractivity contribution in [2.45, 2.75) is 52.4 Å². The van der Waals surface area contributed by atoms with Gasteiger partial charge in [0.1, 0.15) is 5.75 Å². The molecule has 30 heavy (non-hydrogen) atoms. The third-order valence-corrected chi connectivity index (χ3v) is 5.85. The van der Waals surface area contributed by atoms with Crippen molar-refractivity contribution in [3.63, 3.8) is 0 Å². The fourth-order valence-electron chi connectivity index (χ4n) is 3.76. The lowest BCUT2D eigenvalue weighted by Crippen LogP contribution is -2.21. The maximum absolute atomic E-state index is 12.4. The molecule has 2 atom stereocenters. The molecule has 1 aliphatic carbocycles. The molecule has 0 saturated heterocycles. The zero-order valence-corrected chi connectivity index (χ0v) is 18.6. The van der Waals surface area contributed by atoms with Crippen LogP contribution in [-0.2, 0) is 10.2 Å². The Morgan fingerprint density at radius 2 is 1.83 bits per heavy atom. The molecule has 3 rings (SSSR count). The summed E-state index contributed by atoms with van der Waals surface area (Å²) in [4.78, 5) is 14.6. The second-order valence-electron chi connectivity index (χ2n) is 8.97. The number of carbonyl (C=O) groups excluding carboxylic acids is 1. The summed E-state index contributed by atoms with van der Waals surface area (Å²) in [5.74, 6) is 0.299. The van der Waals surface area contributed by atoms with Gasteiger partial charge in [0.15, 0.2) is 0 Å². The fourth-order valence-corrected chi connectivity index (χ4v) is 3.76. The number of nitrogens with zero attached hydrogens (tertiary/aromatic N) is 2. The largest absolute Gasteiger partial charge is 0.507 e. The number of hydrogen-bond acceptors (Lipinski definition) is 4. The molecule has 1 fully saturated rings. The number of benzene rings is 2. The molecule has 0 spiro atoms. The van der Waals surface area contributed by atoms with Crippen molar-refractivity contribution in [3.05, 3.63) is 59.2 Å². The first kappa shape index (κ1) is 21.9. The van der Waals surface area contributed by atoms with Gasteiger partial charge in [0, 0.05) is 36.3 Å². The van der Waals surface area contributed by atoms with E-state index in [4.69, 9.17) is 0 Å². The molecule has 1 saturated carbocycles. The van der Waals surface area contributed by atoms with E-state index in [9.17, 15) is 9.90 Å². The SMILES string of the molecule is CCN(CC)c1ccc(C=NNC(=O)C2CC2c2ccc(C(C)(C)C)cc2)c(O)c1. The van der Waals surface area contributed by atoms with Gasteiger partial charge in [0.2, 0.25) is 5.91 Å². The van der Waals surface area contributed by atoms with Gasteiger partial charge in [-0.2, -0.15) is 5.10 Å². The molecule has 2 aromatic rings. The Kier molecular flexibility index (Phi) is 6.49. The van der Waals surface area contributed by atoms with E-state index in [1.165, 1.54) is 17.3 Å². The molecular weight excluding hydrogens is 374 g/mol. The van der Waals surface area contributed by atoms with Gasteiger partial charge in [-0.25, -0.2) is 5.43 Å². The monoisotopic (exact) mass is 407 g/mol. The highest BCUT2D eigenvalue weighted by atomic mass is 16.3. The summed E-state index contributed by atoms with van der Waals surface area (Å²) < 4.78 is 0. The van der Waals surface area contributed by atoms with Crippen molar-refractivity contribution in [3.8, 4) is 5.75 Å². The van der Waals surface area contributed by atoms with Crippen LogP contribution >= 0.6 is 0 Å². The van der Waals surface area contributed by atoms with Gasteiger partial charge in [-0.1, -0.05) is 45.0 Å². The predicted molar refractivity (Wildman–Crippen MR) is 123 cm³/mol. The van der Waals surface area contributed by atoms with E-state index in [-0.39, 0.29) is 28.9 Å². The quantitative estimate of drug-likeness (QED) is 0.512. The number of rotatable bonds is 7. The van der Waals surface area contributed by atoms with Gasteiger partial charge < -0.3 is 10.0 Å². The van der Waals surface area contributed by atoms with Gasteiger partial charge >= 0.3 is 0 Å². The van der Waals surface area contributed by atoms with E-state index >= 15 is 0 Å². The van der Waals surface area contributed by atoms with Crippen molar-refractivity contribution in [1.29, 1.82) is 0 Å². The fraction of sp³-hybridized carbons (Fsp3) is 0.440. The molecular formula is C25H33N3O2. The van der Waals surface area contributed by atoms with E-state index in [1.807, 2.05) is 12.1 Å². The van der Waals surface area contributed by atoms with Crippen molar-refractivity contribution >= 4 is 17.8 Å².